The predicted octanol–water partition coefficient (Wildman–Crippen LogP) is 3.23. The van der Waals surface area contributed by atoms with E-state index < -0.39 is 0 Å². The van der Waals surface area contributed by atoms with E-state index in [-0.39, 0.29) is 5.91 Å². The van der Waals surface area contributed by atoms with Crippen molar-refractivity contribution in [1.82, 2.24) is 0 Å². The van der Waals surface area contributed by atoms with Crippen molar-refractivity contribution in [1.29, 1.82) is 0 Å². The number of carbonyl (C=O) groups is 1. The summed E-state index contributed by atoms with van der Waals surface area (Å²) in [5.74, 6) is -0.0177. The third-order valence-corrected chi connectivity index (χ3v) is 1.71. The molecular weight excluding hydrogens is 174 g/mol. The standard InChI is InChI=1S/C10H13NO.C2H6/c1-3-9-6-4-5-7-10(9)11-8(2)12;1-2/h4-7H,3H2,1-2H3,(H,11,12);1-2H3. The van der Waals surface area contributed by atoms with Crippen molar-refractivity contribution >= 4 is 11.6 Å². The van der Waals surface area contributed by atoms with E-state index in [0.717, 1.165) is 12.1 Å². The predicted molar refractivity (Wildman–Crippen MR) is 61.5 cm³/mol. The van der Waals surface area contributed by atoms with Gasteiger partial charge in [-0.25, -0.2) is 0 Å². The Bertz CT molecular complexity index is 281. The van der Waals surface area contributed by atoms with Crippen LogP contribution >= 0.6 is 0 Å². The maximum atomic E-state index is 10.8. The maximum absolute atomic E-state index is 10.8. The molecule has 1 N–H and O–H groups in total. The second kappa shape index (κ2) is 7.13. The molecular formula is C12H19NO. The Hall–Kier alpha value is -1.31. The number of amides is 1. The van der Waals surface area contributed by atoms with Crippen LogP contribution in [0.15, 0.2) is 24.3 Å². The smallest absolute Gasteiger partial charge is 0.221 e. The number of nitrogens with one attached hydrogen (secondary N) is 1. The molecule has 0 aromatic heterocycles. The van der Waals surface area contributed by atoms with Gasteiger partial charge in [-0.2, -0.15) is 0 Å². The van der Waals surface area contributed by atoms with E-state index in [4.69, 9.17) is 0 Å². The van der Waals surface area contributed by atoms with Crippen molar-refractivity contribution in [2.75, 3.05) is 5.32 Å². The molecule has 0 radical (unpaired) electrons. The van der Waals surface area contributed by atoms with E-state index >= 15 is 0 Å². The van der Waals surface area contributed by atoms with Crippen molar-refractivity contribution in [3.05, 3.63) is 29.8 Å². The van der Waals surface area contributed by atoms with Gasteiger partial charge in [-0.05, 0) is 18.1 Å². The Kier molecular flexibility index (Phi) is 6.46. The normalized spacial score (nSPS) is 8.57. The lowest BCUT2D eigenvalue weighted by molar-refractivity contribution is -0.114. The molecule has 0 fully saturated rings. The monoisotopic (exact) mass is 193 g/mol. The average molecular weight is 193 g/mol. The zero-order valence-corrected chi connectivity index (χ0v) is 9.42. The SMILES string of the molecule is CC.CCc1ccccc1NC(C)=O. The maximum Gasteiger partial charge on any atom is 0.221 e. The second-order valence-electron chi connectivity index (χ2n) is 2.69. The number of rotatable bonds is 2. The van der Waals surface area contributed by atoms with Crippen molar-refractivity contribution in [3.8, 4) is 0 Å². The zero-order valence-electron chi connectivity index (χ0n) is 9.42. The fourth-order valence-electron chi connectivity index (χ4n) is 1.14. The summed E-state index contributed by atoms with van der Waals surface area (Å²) in [6, 6.07) is 7.83. The molecule has 2 heteroatoms. The highest BCUT2D eigenvalue weighted by Crippen LogP contribution is 2.14. The van der Waals surface area contributed by atoms with Crippen LogP contribution < -0.4 is 5.32 Å². The van der Waals surface area contributed by atoms with Crippen LogP contribution in [0.2, 0.25) is 0 Å². The minimum Gasteiger partial charge on any atom is -0.326 e. The van der Waals surface area contributed by atoms with Crippen LogP contribution in [0.5, 0.6) is 0 Å². The topological polar surface area (TPSA) is 29.1 Å². The molecule has 0 atom stereocenters. The first kappa shape index (κ1) is 12.7. The van der Waals surface area contributed by atoms with Crippen LogP contribution in [0.25, 0.3) is 0 Å². The quantitative estimate of drug-likeness (QED) is 0.767. The minimum atomic E-state index is -0.0177. The van der Waals surface area contributed by atoms with Gasteiger partial charge in [-0.3, -0.25) is 4.79 Å². The lowest BCUT2D eigenvalue weighted by atomic mass is 10.1. The molecule has 78 valence electrons. The molecule has 1 aromatic rings. The highest BCUT2D eigenvalue weighted by molar-refractivity contribution is 5.89. The summed E-state index contributed by atoms with van der Waals surface area (Å²) >= 11 is 0. The van der Waals surface area contributed by atoms with Crippen LogP contribution in [-0.4, -0.2) is 5.91 Å². The number of aryl methyl sites for hydroxylation is 1. The first-order chi connectivity index (χ1) is 6.74. The molecule has 14 heavy (non-hydrogen) atoms. The third-order valence-electron chi connectivity index (χ3n) is 1.71. The number of anilines is 1. The van der Waals surface area contributed by atoms with E-state index in [1.165, 1.54) is 12.5 Å². The lowest BCUT2D eigenvalue weighted by Crippen LogP contribution is -2.07. The lowest BCUT2D eigenvalue weighted by Gasteiger charge is -2.06. The minimum absolute atomic E-state index is 0.0177. The molecule has 0 spiro atoms. The number of benzene rings is 1. The van der Waals surface area contributed by atoms with Gasteiger partial charge in [0.1, 0.15) is 0 Å². The summed E-state index contributed by atoms with van der Waals surface area (Å²) < 4.78 is 0. The molecule has 0 saturated carbocycles. The van der Waals surface area contributed by atoms with Gasteiger partial charge in [0.2, 0.25) is 5.91 Å². The van der Waals surface area contributed by atoms with Crippen molar-refractivity contribution in [3.63, 3.8) is 0 Å². The average Bonchev–Trinajstić information content (AvgIpc) is 2.21. The van der Waals surface area contributed by atoms with Gasteiger partial charge in [-0.1, -0.05) is 39.0 Å². The van der Waals surface area contributed by atoms with Gasteiger partial charge >= 0.3 is 0 Å². The molecule has 0 aliphatic heterocycles. The van der Waals surface area contributed by atoms with E-state index in [2.05, 4.69) is 12.2 Å². The Balaban J connectivity index is 0.000000791. The van der Waals surface area contributed by atoms with Crippen LogP contribution in [0.3, 0.4) is 0 Å². The van der Waals surface area contributed by atoms with Crippen LogP contribution in [-0.2, 0) is 11.2 Å². The molecule has 0 saturated heterocycles. The van der Waals surface area contributed by atoms with Crippen molar-refractivity contribution in [2.24, 2.45) is 0 Å². The van der Waals surface area contributed by atoms with E-state index in [1.807, 2.05) is 38.1 Å². The summed E-state index contributed by atoms with van der Waals surface area (Å²) in [5, 5.41) is 2.79. The summed E-state index contributed by atoms with van der Waals surface area (Å²) in [6.07, 6.45) is 0.941. The van der Waals surface area contributed by atoms with Crippen molar-refractivity contribution in [2.45, 2.75) is 34.1 Å². The number of hydrogen-bond donors (Lipinski definition) is 1. The van der Waals surface area contributed by atoms with E-state index in [0.29, 0.717) is 0 Å². The molecule has 0 aliphatic carbocycles. The van der Waals surface area contributed by atoms with Crippen LogP contribution in [0.1, 0.15) is 33.3 Å². The highest BCUT2D eigenvalue weighted by Gasteiger charge is 1.99. The third kappa shape index (κ3) is 4.08. The second-order valence-corrected chi connectivity index (χ2v) is 2.69. The van der Waals surface area contributed by atoms with Crippen molar-refractivity contribution < 1.29 is 4.79 Å². The largest absolute Gasteiger partial charge is 0.326 e. The van der Waals surface area contributed by atoms with Crippen LogP contribution in [0, 0.1) is 0 Å². The Morgan fingerprint density at radius 1 is 1.29 bits per heavy atom. The molecule has 1 amide bonds. The van der Waals surface area contributed by atoms with Gasteiger partial charge in [-0.15, -0.1) is 0 Å². The van der Waals surface area contributed by atoms with Gasteiger partial charge in [0.25, 0.3) is 0 Å². The van der Waals surface area contributed by atoms with Gasteiger partial charge < -0.3 is 5.32 Å². The Labute approximate surface area is 86.3 Å². The highest BCUT2D eigenvalue weighted by atomic mass is 16.1. The zero-order chi connectivity index (χ0) is 11.0. The molecule has 1 aromatic carbocycles. The molecule has 0 unspecified atom stereocenters. The van der Waals surface area contributed by atoms with Gasteiger partial charge in [0.15, 0.2) is 0 Å². The molecule has 0 heterocycles. The van der Waals surface area contributed by atoms with Gasteiger partial charge in [0.05, 0.1) is 0 Å². The summed E-state index contributed by atoms with van der Waals surface area (Å²) in [5.41, 5.74) is 2.10. The molecule has 0 bridgehead atoms. The fourth-order valence-corrected chi connectivity index (χ4v) is 1.14. The summed E-state index contributed by atoms with van der Waals surface area (Å²) in [6.45, 7) is 7.59. The van der Waals surface area contributed by atoms with Gasteiger partial charge in [0, 0.05) is 12.6 Å². The van der Waals surface area contributed by atoms with Crippen LogP contribution in [0.4, 0.5) is 5.69 Å². The summed E-state index contributed by atoms with van der Waals surface area (Å²) in [7, 11) is 0. The fraction of sp³-hybridized carbons (Fsp3) is 0.417. The van der Waals surface area contributed by atoms with E-state index in [1.54, 1.807) is 0 Å². The number of hydrogen-bond acceptors (Lipinski definition) is 1. The molecule has 1 rings (SSSR count). The Morgan fingerprint density at radius 3 is 2.36 bits per heavy atom. The molecule has 2 nitrogen and oxygen atoms in total. The Morgan fingerprint density at radius 2 is 1.86 bits per heavy atom. The summed E-state index contributed by atoms with van der Waals surface area (Å²) in [4.78, 5) is 10.8. The first-order valence-electron chi connectivity index (χ1n) is 5.09. The molecule has 0 aliphatic rings. The van der Waals surface area contributed by atoms with E-state index in [9.17, 15) is 4.79 Å². The number of carbonyl (C=O) groups excluding carboxylic acids is 1. The first-order valence-corrected chi connectivity index (χ1v) is 5.09. The number of para-hydroxylation sites is 1.